The van der Waals surface area contributed by atoms with Gasteiger partial charge in [-0.3, -0.25) is 4.68 Å². The van der Waals surface area contributed by atoms with Crippen LogP contribution in [0.25, 0.3) is 0 Å². The number of aromatic nitrogens is 2. The van der Waals surface area contributed by atoms with Crippen molar-refractivity contribution >= 4 is 9.84 Å². The van der Waals surface area contributed by atoms with Crippen molar-refractivity contribution in [2.45, 2.75) is 25.8 Å². The first-order valence-corrected chi connectivity index (χ1v) is 7.33. The number of nitrogens with zero attached hydrogens (tertiary/aromatic N) is 2. The number of rotatable bonds is 5. The molecular formula is C10H19N3O2S. The fourth-order valence-electron chi connectivity index (χ4n) is 1.65. The lowest BCUT2D eigenvalue weighted by molar-refractivity contribution is 0.586. The Balaban J connectivity index is 2.69. The molecule has 1 rings (SSSR count). The van der Waals surface area contributed by atoms with Crippen molar-refractivity contribution in [3.63, 3.8) is 0 Å². The molecule has 92 valence electrons. The van der Waals surface area contributed by atoms with Crippen molar-refractivity contribution in [3.05, 3.63) is 17.5 Å². The van der Waals surface area contributed by atoms with Gasteiger partial charge in [0.2, 0.25) is 0 Å². The summed E-state index contributed by atoms with van der Waals surface area (Å²) in [5.74, 6) is 0.0135. The lowest BCUT2D eigenvalue weighted by atomic mass is 10.2. The first-order chi connectivity index (χ1) is 7.31. The van der Waals surface area contributed by atoms with Gasteiger partial charge in [-0.2, -0.15) is 5.10 Å². The average molecular weight is 245 g/mol. The molecule has 0 radical (unpaired) electrons. The van der Waals surface area contributed by atoms with Gasteiger partial charge in [0, 0.05) is 31.5 Å². The van der Waals surface area contributed by atoms with Crippen molar-refractivity contribution in [1.29, 1.82) is 0 Å². The van der Waals surface area contributed by atoms with Crippen molar-refractivity contribution in [2.75, 3.05) is 12.0 Å². The maximum atomic E-state index is 11.1. The highest BCUT2D eigenvalue weighted by Crippen LogP contribution is 2.07. The Morgan fingerprint density at radius 3 is 2.62 bits per heavy atom. The number of hydrogen-bond acceptors (Lipinski definition) is 4. The van der Waals surface area contributed by atoms with E-state index in [1.54, 1.807) is 4.68 Å². The summed E-state index contributed by atoms with van der Waals surface area (Å²) in [6, 6.07) is 1.61. The van der Waals surface area contributed by atoms with Crippen molar-refractivity contribution in [1.82, 2.24) is 9.78 Å². The average Bonchev–Trinajstić information content (AvgIpc) is 2.44. The molecule has 2 N–H and O–H groups in total. The molecule has 1 heterocycles. The Labute approximate surface area is 96.6 Å². The van der Waals surface area contributed by atoms with E-state index in [2.05, 4.69) is 5.10 Å². The van der Waals surface area contributed by atoms with Gasteiger partial charge in [-0.05, 0) is 12.5 Å². The summed E-state index contributed by atoms with van der Waals surface area (Å²) in [6.45, 7) is 2.03. The molecule has 1 aromatic heterocycles. The molecule has 1 aromatic rings. The van der Waals surface area contributed by atoms with Gasteiger partial charge < -0.3 is 5.73 Å². The molecule has 0 aliphatic heterocycles. The number of sulfone groups is 1. The monoisotopic (exact) mass is 245 g/mol. The van der Waals surface area contributed by atoms with Crippen LogP contribution in [0.4, 0.5) is 0 Å². The standard InChI is InChI=1S/C10H19N3O2S/c1-4-9-6-10(13(2)12-9)5-8(11)7-16(3,14)15/h6,8H,4-5,7,11H2,1-3H3. The molecule has 0 amide bonds. The Kier molecular flexibility index (Phi) is 4.09. The molecule has 0 saturated carbocycles. The minimum atomic E-state index is -3.01. The van der Waals surface area contributed by atoms with Gasteiger partial charge in [0.25, 0.3) is 0 Å². The second kappa shape index (κ2) is 4.97. The van der Waals surface area contributed by atoms with Crippen LogP contribution in [0, 0.1) is 0 Å². The largest absolute Gasteiger partial charge is 0.326 e. The van der Waals surface area contributed by atoms with E-state index in [1.165, 1.54) is 6.26 Å². The lowest BCUT2D eigenvalue weighted by Crippen LogP contribution is -2.31. The number of nitrogens with two attached hydrogens (primary N) is 1. The van der Waals surface area contributed by atoms with E-state index < -0.39 is 9.84 Å². The van der Waals surface area contributed by atoms with Crippen molar-refractivity contribution < 1.29 is 8.42 Å². The fraction of sp³-hybridized carbons (Fsp3) is 0.700. The Morgan fingerprint density at radius 2 is 2.19 bits per heavy atom. The molecule has 0 aliphatic carbocycles. The third kappa shape index (κ3) is 3.94. The molecular weight excluding hydrogens is 226 g/mol. The maximum absolute atomic E-state index is 11.1. The third-order valence-electron chi connectivity index (χ3n) is 2.38. The van der Waals surface area contributed by atoms with E-state index in [4.69, 9.17) is 5.73 Å². The SMILES string of the molecule is CCc1cc(CC(N)CS(C)(=O)=O)n(C)n1. The molecule has 16 heavy (non-hydrogen) atoms. The molecule has 0 spiro atoms. The van der Waals surface area contributed by atoms with Crippen LogP contribution < -0.4 is 5.73 Å². The van der Waals surface area contributed by atoms with Crippen LogP contribution in [-0.2, 0) is 29.7 Å². The van der Waals surface area contributed by atoms with Crippen LogP contribution in [0.5, 0.6) is 0 Å². The summed E-state index contributed by atoms with van der Waals surface area (Å²) in [6.07, 6.45) is 2.61. The summed E-state index contributed by atoms with van der Waals surface area (Å²) >= 11 is 0. The van der Waals surface area contributed by atoms with Crippen LogP contribution in [0.3, 0.4) is 0 Å². The highest BCUT2D eigenvalue weighted by molar-refractivity contribution is 7.90. The molecule has 0 saturated heterocycles. The predicted molar refractivity (Wildman–Crippen MR) is 64.0 cm³/mol. The zero-order chi connectivity index (χ0) is 12.3. The minimum Gasteiger partial charge on any atom is -0.326 e. The van der Waals surface area contributed by atoms with Gasteiger partial charge in [-0.25, -0.2) is 8.42 Å². The molecule has 0 aromatic carbocycles. The van der Waals surface area contributed by atoms with Crippen LogP contribution in [-0.4, -0.2) is 36.2 Å². The zero-order valence-corrected chi connectivity index (χ0v) is 10.8. The normalized spacial score (nSPS) is 14.0. The molecule has 1 unspecified atom stereocenters. The van der Waals surface area contributed by atoms with E-state index in [9.17, 15) is 8.42 Å². The van der Waals surface area contributed by atoms with Gasteiger partial charge in [0.05, 0.1) is 11.4 Å². The Bertz CT molecular complexity index is 451. The van der Waals surface area contributed by atoms with E-state index in [1.807, 2.05) is 20.0 Å². The van der Waals surface area contributed by atoms with E-state index >= 15 is 0 Å². The molecule has 0 bridgehead atoms. The van der Waals surface area contributed by atoms with Gasteiger partial charge in [-0.1, -0.05) is 6.92 Å². The van der Waals surface area contributed by atoms with E-state index in [0.29, 0.717) is 6.42 Å². The molecule has 5 nitrogen and oxygen atoms in total. The fourth-order valence-corrected chi connectivity index (χ4v) is 2.55. The van der Waals surface area contributed by atoms with Gasteiger partial charge >= 0.3 is 0 Å². The first kappa shape index (κ1) is 13.2. The first-order valence-electron chi connectivity index (χ1n) is 5.27. The zero-order valence-electron chi connectivity index (χ0n) is 9.97. The quantitative estimate of drug-likeness (QED) is 0.785. The number of hydrogen-bond donors (Lipinski definition) is 1. The molecule has 1 atom stereocenters. The Morgan fingerprint density at radius 1 is 1.56 bits per heavy atom. The summed E-state index contributed by atoms with van der Waals surface area (Å²) in [4.78, 5) is 0. The highest BCUT2D eigenvalue weighted by Gasteiger charge is 2.14. The summed E-state index contributed by atoms with van der Waals surface area (Å²) in [5, 5.41) is 4.29. The van der Waals surface area contributed by atoms with Gasteiger partial charge in [0.15, 0.2) is 0 Å². The van der Waals surface area contributed by atoms with Crippen LogP contribution in [0.15, 0.2) is 6.07 Å². The van der Waals surface area contributed by atoms with Crippen LogP contribution in [0.2, 0.25) is 0 Å². The Hall–Kier alpha value is -0.880. The highest BCUT2D eigenvalue weighted by atomic mass is 32.2. The summed E-state index contributed by atoms with van der Waals surface area (Å²) < 4.78 is 23.9. The van der Waals surface area contributed by atoms with Gasteiger partial charge in [-0.15, -0.1) is 0 Å². The number of aryl methyl sites for hydroxylation is 2. The maximum Gasteiger partial charge on any atom is 0.148 e. The van der Waals surface area contributed by atoms with Gasteiger partial charge in [0.1, 0.15) is 9.84 Å². The summed E-state index contributed by atoms with van der Waals surface area (Å²) in [7, 11) is -1.16. The predicted octanol–water partition coefficient (Wildman–Crippen LogP) is -0.103. The second-order valence-corrected chi connectivity index (χ2v) is 6.35. The minimum absolute atomic E-state index is 0.0135. The molecule has 0 aliphatic rings. The molecule has 0 fully saturated rings. The second-order valence-electron chi connectivity index (χ2n) is 4.16. The van der Waals surface area contributed by atoms with Crippen LogP contribution in [0.1, 0.15) is 18.3 Å². The summed E-state index contributed by atoms with van der Waals surface area (Å²) in [5.41, 5.74) is 7.77. The van der Waals surface area contributed by atoms with E-state index in [-0.39, 0.29) is 11.8 Å². The lowest BCUT2D eigenvalue weighted by Gasteiger charge is -2.09. The van der Waals surface area contributed by atoms with Crippen molar-refractivity contribution in [3.8, 4) is 0 Å². The van der Waals surface area contributed by atoms with Crippen LogP contribution >= 0.6 is 0 Å². The smallest absolute Gasteiger partial charge is 0.148 e. The topological polar surface area (TPSA) is 78.0 Å². The molecule has 6 heteroatoms. The van der Waals surface area contributed by atoms with E-state index in [0.717, 1.165) is 17.8 Å². The third-order valence-corrected chi connectivity index (χ3v) is 3.41. The van der Waals surface area contributed by atoms with Crippen molar-refractivity contribution in [2.24, 2.45) is 12.8 Å².